The molecule has 1 N–H and O–H groups in total. The topological polar surface area (TPSA) is 67.9 Å². The van der Waals surface area contributed by atoms with Crippen LogP contribution in [-0.4, -0.2) is 66.4 Å². The highest BCUT2D eigenvalue weighted by Crippen LogP contribution is 2.30. The van der Waals surface area contributed by atoms with Crippen molar-refractivity contribution in [1.82, 2.24) is 9.62 Å². The number of nitrogens with zero attached hydrogens (tertiary/aromatic N) is 1. The number of methoxy groups -OCH3 is 1. The van der Waals surface area contributed by atoms with Gasteiger partial charge in [0.05, 0.1) is 23.2 Å². The van der Waals surface area contributed by atoms with Crippen LogP contribution in [0.15, 0.2) is 29.2 Å². The minimum absolute atomic E-state index is 0.157. The molecule has 0 spiro atoms. The number of alkyl halides is 3. The van der Waals surface area contributed by atoms with Gasteiger partial charge in [0.2, 0.25) is 10.0 Å². The molecule has 1 aromatic carbocycles. The maximum absolute atomic E-state index is 12.6. The van der Waals surface area contributed by atoms with Crippen molar-refractivity contribution in [2.45, 2.75) is 55.7 Å². The summed E-state index contributed by atoms with van der Waals surface area (Å²) in [5.41, 5.74) is -0.868. The lowest BCUT2D eigenvalue weighted by Gasteiger charge is -2.28. The highest BCUT2D eigenvalue weighted by atomic mass is 32.2. The molecule has 32 heavy (non-hydrogen) atoms. The fourth-order valence-corrected chi connectivity index (χ4v) is 4.85. The highest BCUT2D eigenvalue weighted by molar-refractivity contribution is 7.89. The van der Waals surface area contributed by atoms with E-state index in [1.165, 1.54) is 0 Å². The number of likely N-dealkylation sites (N-methyl/N-ethyl adjacent to an activating group) is 1. The lowest BCUT2D eigenvalue weighted by atomic mass is 9.87. The number of ether oxygens (including phenoxy) is 2. The number of rotatable bonds is 13. The van der Waals surface area contributed by atoms with Gasteiger partial charge in [-0.25, -0.2) is 13.1 Å². The Morgan fingerprint density at radius 1 is 1.03 bits per heavy atom. The van der Waals surface area contributed by atoms with E-state index in [1.54, 1.807) is 7.11 Å². The minimum atomic E-state index is -4.49. The molecule has 10 heteroatoms. The van der Waals surface area contributed by atoms with Crippen molar-refractivity contribution >= 4 is 10.0 Å². The molecule has 1 fully saturated rings. The zero-order valence-corrected chi connectivity index (χ0v) is 19.7. The van der Waals surface area contributed by atoms with E-state index in [0.29, 0.717) is 0 Å². The molecule has 0 heterocycles. The number of hydrogen-bond acceptors (Lipinski definition) is 5. The van der Waals surface area contributed by atoms with Gasteiger partial charge in [0.25, 0.3) is 0 Å². The molecule has 1 aliphatic carbocycles. The molecule has 0 unspecified atom stereocenters. The van der Waals surface area contributed by atoms with Crippen molar-refractivity contribution in [3.8, 4) is 0 Å². The van der Waals surface area contributed by atoms with E-state index in [2.05, 4.69) is 16.7 Å². The third-order valence-electron chi connectivity index (χ3n) is 5.81. The van der Waals surface area contributed by atoms with Crippen LogP contribution < -0.4 is 4.72 Å². The Bertz CT molecular complexity index is 764. The van der Waals surface area contributed by atoms with E-state index >= 15 is 0 Å². The number of hydrogen-bond donors (Lipinski definition) is 1. The summed E-state index contributed by atoms with van der Waals surface area (Å²) in [6.45, 7) is 3.68. The van der Waals surface area contributed by atoms with Crippen LogP contribution in [0.3, 0.4) is 0 Å². The van der Waals surface area contributed by atoms with Crippen molar-refractivity contribution < 1.29 is 31.1 Å². The van der Waals surface area contributed by atoms with Crippen LogP contribution in [0.25, 0.3) is 0 Å². The maximum atomic E-state index is 12.6. The minimum Gasteiger partial charge on any atom is -0.383 e. The first-order valence-electron chi connectivity index (χ1n) is 11.1. The van der Waals surface area contributed by atoms with Crippen LogP contribution in [0, 0.1) is 5.92 Å². The summed E-state index contributed by atoms with van der Waals surface area (Å²) >= 11 is 0. The largest absolute Gasteiger partial charge is 0.416 e. The van der Waals surface area contributed by atoms with Crippen LogP contribution >= 0.6 is 0 Å². The van der Waals surface area contributed by atoms with Crippen molar-refractivity contribution in [2.75, 3.05) is 47.0 Å². The number of sulfonamides is 1. The van der Waals surface area contributed by atoms with Crippen molar-refractivity contribution in [3.05, 3.63) is 29.8 Å². The standard InChI is InChI=1S/C22H35F3N2O4S/c1-27(14-16-30-2)13-3-4-15-31-20-9-5-18(6-10-20)17-26-32(28,29)21-11-7-19(8-12-21)22(23,24)25/h7-8,11-12,18,20,26H,3-6,9-10,13-17H2,1-2H3. The third-order valence-corrected chi connectivity index (χ3v) is 7.25. The Morgan fingerprint density at radius 3 is 2.28 bits per heavy atom. The summed E-state index contributed by atoms with van der Waals surface area (Å²) < 4.78 is 76.3. The average Bonchev–Trinajstić information content (AvgIpc) is 2.76. The van der Waals surface area contributed by atoms with Gasteiger partial charge in [-0.2, -0.15) is 13.2 Å². The van der Waals surface area contributed by atoms with E-state index in [0.717, 1.165) is 89.1 Å². The normalized spacial score (nSPS) is 20.1. The molecule has 0 aliphatic heterocycles. The fourth-order valence-electron chi connectivity index (χ4n) is 3.73. The molecule has 0 saturated heterocycles. The molecule has 1 saturated carbocycles. The molecule has 0 aromatic heterocycles. The second-order valence-corrected chi connectivity index (χ2v) is 10.2. The van der Waals surface area contributed by atoms with Gasteiger partial charge >= 0.3 is 6.18 Å². The van der Waals surface area contributed by atoms with E-state index in [4.69, 9.17) is 9.47 Å². The van der Waals surface area contributed by atoms with E-state index in [9.17, 15) is 21.6 Å². The zero-order chi connectivity index (χ0) is 23.6. The first kappa shape index (κ1) is 27.0. The van der Waals surface area contributed by atoms with Crippen LogP contribution in [0.2, 0.25) is 0 Å². The number of unbranched alkanes of at least 4 members (excludes halogenated alkanes) is 1. The summed E-state index contributed by atoms with van der Waals surface area (Å²) in [6, 6.07) is 3.56. The van der Waals surface area contributed by atoms with Crippen molar-refractivity contribution in [3.63, 3.8) is 0 Å². The summed E-state index contributed by atoms with van der Waals surface area (Å²) in [6.07, 6.45) is 1.30. The Morgan fingerprint density at radius 2 is 1.69 bits per heavy atom. The number of benzene rings is 1. The van der Waals surface area contributed by atoms with Gasteiger partial charge in [0.1, 0.15) is 0 Å². The number of halogens is 3. The van der Waals surface area contributed by atoms with Crippen LogP contribution in [-0.2, 0) is 25.7 Å². The molecule has 0 amide bonds. The first-order valence-corrected chi connectivity index (χ1v) is 12.6. The van der Waals surface area contributed by atoms with Crippen LogP contribution in [0.1, 0.15) is 44.1 Å². The lowest BCUT2D eigenvalue weighted by molar-refractivity contribution is -0.137. The first-order chi connectivity index (χ1) is 15.1. The van der Waals surface area contributed by atoms with Gasteiger partial charge in [-0.3, -0.25) is 0 Å². The Hall–Kier alpha value is -1.20. The third kappa shape index (κ3) is 9.35. The van der Waals surface area contributed by atoms with E-state index in [-0.39, 0.29) is 23.5 Å². The molecule has 0 bridgehead atoms. The Labute approximate surface area is 189 Å². The molecule has 0 radical (unpaired) electrons. The van der Waals surface area contributed by atoms with Gasteiger partial charge in [0, 0.05) is 26.8 Å². The SMILES string of the molecule is COCCN(C)CCCCOC1CCC(CNS(=O)(=O)c2ccc(C(F)(F)F)cc2)CC1. The summed E-state index contributed by atoms with van der Waals surface area (Å²) in [5, 5.41) is 0. The Balaban J connectivity index is 1.63. The zero-order valence-electron chi connectivity index (χ0n) is 18.9. The number of nitrogens with one attached hydrogen (secondary N) is 1. The van der Waals surface area contributed by atoms with Gasteiger partial charge in [-0.15, -0.1) is 0 Å². The molecule has 184 valence electrons. The van der Waals surface area contributed by atoms with Gasteiger partial charge < -0.3 is 14.4 Å². The second-order valence-electron chi connectivity index (χ2n) is 8.39. The monoisotopic (exact) mass is 480 g/mol. The predicted molar refractivity (Wildman–Crippen MR) is 117 cm³/mol. The smallest absolute Gasteiger partial charge is 0.383 e. The van der Waals surface area contributed by atoms with E-state index < -0.39 is 21.8 Å². The van der Waals surface area contributed by atoms with Crippen molar-refractivity contribution in [2.24, 2.45) is 5.92 Å². The predicted octanol–water partition coefficient (Wildman–Crippen LogP) is 3.92. The van der Waals surface area contributed by atoms with E-state index in [1.807, 2.05) is 0 Å². The molecule has 1 aromatic rings. The van der Waals surface area contributed by atoms with Gasteiger partial charge in [-0.05, 0) is 82.3 Å². The quantitative estimate of drug-likeness (QED) is 0.434. The lowest BCUT2D eigenvalue weighted by Crippen LogP contribution is -2.33. The highest BCUT2D eigenvalue weighted by Gasteiger charge is 2.31. The van der Waals surface area contributed by atoms with Gasteiger partial charge in [-0.1, -0.05) is 0 Å². The molecular formula is C22H35F3N2O4S. The molecular weight excluding hydrogens is 445 g/mol. The van der Waals surface area contributed by atoms with Crippen LogP contribution in [0.4, 0.5) is 13.2 Å². The molecule has 2 rings (SSSR count). The van der Waals surface area contributed by atoms with Gasteiger partial charge in [0.15, 0.2) is 0 Å². The Kier molecular flexibility index (Phi) is 10.9. The van der Waals surface area contributed by atoms with Crippen molar-refractivity contribution in [1.29, 1.82) is 0 Å². The fraction of sp³-hybridized carbons (Fsp3) is 0.727. The molecule has 1 aliphatic rings. The molecule has 6 nitrogen and oxygen atoms in total. The van der Waals surface area contributed by atoms with Crippen LogP contribution in [0.5, 0.6) is 0 Å². The summed E-state index contributed by atoms with van der Waals surface area (Å²) in [5.74, 6) is 0.202. The average molecular weight is 481 g/mol. The maximum Gasteiger partial charge on any atom is 0.416 e. The molecule has 0 atom stereocenters. The summed E-state index contributed by atoms with van der Waals surface area (Å²) in [7, 11) is -0.0540. The second kappa shape index (κ2) is 12.9. The summed E-state index contributed by atoms with van der Waals surface area (Å²) in [4.78, 5) is 2.08.